The fourth-order valence-electron chi connectivity index (χ4n) is 1.53. The SMILES string of the molecule is CCC(=O)CCCCCCc1ncc(Br)o1. The molecule has 0 aliphatic heterocycles. The van der Waals surface area contributed by atoms with Crippen molar-refractivity contribution in [3.63, 3.8) is 0 Å². The molecule has 0 aliphatic carbocycles. The molecular weight excluding hydrogens is 270 g/mol. The molecule has 3 nitrogen and oxygen atoms in total. The number of halogens is 1. The van der Waals surface area contributed by atoms with Crippen LogP contribution in [0.2, 0.25) is 0 Å². The highest BCUT2D eigenvalue weighted by molar-refractivity contribution is 9.10. The first-order valence-electron chi connectivity index (χ1n) is 5.84. The van der Waals surface area contributed by atoms with E-state index in [4.69, 9.17) is 4.42 Å². The minimum atomic E-state index is 0.372. The number of aryl methyl sites for hydroxylation is 1. The van der Waals surface area contributed by atoms with E-state index in [1.807, 2.05) is 6.92 Å². The summed E-state index contributed by atoms with van der Waals surface area (Å²) in [6.07, 6.45) is 8.31. The Morgan fingerprint density at radius 1 is 1.38 bits per heavy atom. The second-order valence-electron chi connectivity index (χ2n) is 3.86. The van der Waals surface area contributed by atoms with Crippen LogP contribution in [0, 0.1) is 0 Å². The predicted molar refractivity (Wildman–Crippen MR) is 66.3 cm³/mol. The standard InChI is InChI=1S/C12H18BrNO2/c1-2-10(15)7-5-3-4-6-8-12-14-9-11(13)16-12/h9H,2-8H2,1H3. The minimum Gasteiger partial charge on any atom is -0.434 e. The molecule has 0 amide bonds. The predicted octanol–water partition coefficient (Wildman–Crippen LogP) is 3.91. The summed E-state index contributed by atoms with van der Waals surface area (Å²) < 4.78 is 5.99. The lowest BCUT2D eigenvalue weighted by molar-refractivity contribution is -0.118. The lowest BCUT2D eigenvalue weighted by Crippen LogP contribution is -1.94. The van der Waals surface area contributed by atoms with Crippen molar-refractivity contribution >= 4 is 21.7 Å². The van der Waals surface area contributed by atoms with Crippen LogP contribution in [0.5, 0.6) is 0 Å². The molecule has 0 aliphatic rings. The van der Waals surface area contributed by atoms with Crippen LogP contribution in [0.15, 0.2) is 15.3 Å². The fourth-order valence-corrected chi connectivity index (χ4v) is 1.82. The molecule has 1 aromatic heterocycles. The molecule has 0 saturated carbocycles. The molecule has 0 unspecified atom stereocenters. The molecule has 90 valence electrons. The van der Waals surface area contributed by atoms with Crippen LogP contribution < -0.4 is 0 Å². The van der Waals surface area contributed by atoms with E-state index in [0.717, 1.165) is 44.4 Å². The van der Waals surface area contributed by atoms with Crippen molar-refractivity contribution in [1.82, 2.24) is 4.98 Å². The molecule has 0 fully saturated rings. The van der Waals surface area contributed by atoms with Gasteiger partial charge in [-0.15, -0.1) is 0 Å². The van der Waals surface area contributed by atoms with Gasteiger partial charge in [0, 0.05) is 19.3 Å². The molecule has 0 aromatic carbocycles. The lowest BCUT2D eigenvalue weighted by atomic mass is 10.1. The van der Waals surface area contributed by atoms with Gasteiger partial charge in [-0.05, 0) is 28.8 Å². The van der Waals surface area contributed by atoms with Gasteiger partial charge in [0.2, 0.25) is 0 Å². The molecule has 0 saturated heterocycles. The summed E-state index contributed by atoms with van der Waals surface area (Å²) in [4.78, 5) is 15.1. The molecule has 1 aromatic rings. The number of Topliss-reactive ketones (excluding diaryl/α,β-unsaturated/α-hetero) is 1. The van der Waals surface area contributed by atoms with Crippen molar-refractivity contribution in [1.29, 1.82) is 0 Å². The number of oxazole rings is 1. The van der Waals surface area contributed by atoms with Crippen molar-refractivity contribution in [3.05, 3.63) is 16.8 Å². The second kappa shape index (κ2) is 7.60. The van der Waals surface area contributed by atoms with Crippen LogP contribution in [0.25, 0.3) is 0 Å². The summed E-state index contributed by atoms with van der Waals surface area (Å²) in [5.74, 6) is 1.16. The van der Waals surface area contributed by atoms with Crippen LogP contribution >= 0.6 is 15.9 Å². The fraction of sp³-hybridized carbons (Fsp3) is 0.667. The monoisotopic (exact) mass is 287 g/mol. The van der Waals surface area contributed by atoms with Gasteiger partial charge in [0.1, 0.15) is 5.78 Å². The summed E-state index contributed by atoms with van der Waals surface area (Å²) in [6, 6.07) is 0. The largest absolute Gasteiger partial charge is 0.434 e. The van der Waals surface area contributed by atoms with Crippen molar-refractivity contribution in [2.75, 3.05) is 0 Å². The first kappa shape index (κ1) is 13.4. The van der Waals surface area contributed by atoms with E-state index < -0.39 is 0 Å². The second-order valence-corrected chi connectivity index (χ2v) is 4.65. The van der Waals surface area contributed by atoms with Gasteiger partial charge in [-0.3, -0.25) is 4.79 Å². The van der Waals surface area contributed by atoms with Gasteiger partial charge in [0.25, 0.3) is 0 Å². The molecule has 0 atom stereocenters. The molecule has 16 heavy (non-hydrogen) atoms. The van der Waals surface area contributed by atoms with Crippen molar-refractivity contribution < 1.29 is 9.21 Å². The average Bonchev–Trinajstić information content (AvgIpc) is 2.69. The van der Waals surface area contributed by atoms with Gasteiger partial charge in [-0.1, -0.05) is 19.8 Å². The van der Waals surface area contributed by atoms with Crippen LogP contribution in [0.4, 0.5) is 0 Å². The first-order chi connectivity index (χ1) is 7.72. The quantitative estimate of drug-likeness (QED) is 0.681. The van der Waals surface area contributed by atoms with E-state index >= 15 is 0 Å². The maximum Gasteiger partial charge on any atom is 0.195 e. The summed E-state index contributed by atoms with van der Waals surface area (Å²) in [6.45, 7) is 1.92. The number of ketones is 1. The van der Waals surface area contributed by atoms with Crippen LogP contribution in [-0.4, -0.2) is 10.8 Å². The Bertz CT molecular complexity index is 323. The lowest BCUT2D eigenvalue weighted by Gasteiger charge is -1.99. The molecule has 1 heterocycles. The Balaban J connectivity index is 1.98. The molecule has 4 heteroatoms. The van der Waals surface area contributed by atoms with Crippen LogP contribution in [0.3, 0.4) is 0 Å². The Morgan fingerprint density at radius 2 is 2.12 bits per heavy atom. The number of nitrogens with zero attached hydrogens (tertiary/aromatic N) is 1. The minimum absolute atomic E-state index is 0.372. The molecule has 0 N–H and O–H groups in total. The zero-order chi connectivity index (χ0) is 11.8. The van der Waals surface area contributed by atoms with E-state index in [1.54, 1.807) is 6.20 Å². The number of aromatic nitrogens is 1. The smallest absolute Gasteiger partial charge is 0.195 e. The van der Waals surface area contributed by atoms with Crippen LogP contribution in [-0.2, 0) is 11.2 Å². The number of unbranched alkanes of at least 4 members (excludes halogenated alkanes) is 3. The van der Waals surface area contributed by atoms with Gasteiger partial charge in [-0.25, -0.2) is 4.98 Å². The highest BCUT2D eigenvalue weighted by Crippen LogP contribution is 2.13. The summed E-state index contributed by atoms with van der Waals surface area (Å²) in [5, 5.41) is 0. The molecule has 0 radical (unpaired) electrons. The van der Waals surface area contributed by atoms with Gasteiger partial charge >= 0.3 is 0 Å². The third-order valence-corrected chi connectivity index (χ3v) is 2.88. The zero-order valence-corrected chi connectivity index (χ0v) is 11.3. The highest BCUT2D eigenvalue weighted by atomic mass is 79.9. The number of carbonyl (C=O) groups is 1. The van der Waals surface area contributed by atoms with E-state index in [9.17, 15) is 4.79 Å². The van der Waals surface area contributed by atoms with Gasteiger partial charge < -0.3 is 4.42 Å². The maximum atomic E-state index is 11.0. The van der Waals surface area contributed by atoms with Crippen LogP contribution in [0.1, 0.15) is 51.3 Å². The number of hydrogen-bond donors (Lipinski definition) is 0. The number of hydrogen-bond acceptors (Lipinski definition) is 3. The normalized spacial score (nSPS) is 10.6. The van der Waals surface area contributed by atoms with Crippen molar-refractivity contribution in [2.45, 2.75) is 51.9 Å². The highest BCUT2D eigenvalue weighted by Gasteiger charge is 2.01. The average molecular weight is 288 g/mol. The zero-order valence-electron chi connectivity index (χ0n) is 9.67. The van der Waals surface area contributed by atoms with Gasteiger partial charge in [0.15, 0.2) is 10.6 Å². The Labute approximate surface area is 105 Å². The molecule has 0 bridgehead atoms. The van der Waals surface area contributed by atoms with Gasteiger partial charge in [0.05, 0.1) is 6.20 Å². The Kier molecular flexibility index (Phi) is 6.38. The third kappa shape index (κ3) is 5.45. The summed E-state index contributed by atoms with van der Waals surface area (Å²) >= 11 is 3.22. The topological polar surface area (TPSA) is 43.1 Å². The molecule has 0 spiro atoms. The van der Waals surface area contributed by atoms with Gasteiger partial charge in [-0.2, -0.15) is 0 Å². The van der Waals surface area contributed by atoms with E-state index in [2.05, 4.69) is 20.9 Å². The van der Waals surface area contributed by atoms with E-state index in [-0.39, 0.29) is 0 Å². The molecule has 1 rings (SSSR count). The van der Waals surface area contributed by atoms with E-state index in [1.165, 1.54) is 0 Å². The van der Waals surface area contributed by atoms with E-state index in [0.29, 0.717) is 16.9 Å². The van der Waals surface area contributed by atoms with Crippen molar-refractivity contribution in [2.24, 2.45) is 0 Å². The first-order valence-corrected chi connectivity index (χ1v) is 6.63. The summed E-state index contributed by atoms with van der Waals surface area (Å²) in [7, 11) is 0. The Morgan fingerprint density at radius 3 is 2.75 bits per heavy atom. The number of carbonyl (C=O) groups excluding carboxylic acids is 1. The number of rotatable bonds is 8. The summed E-state index contributed by atoms with van der Waals surface area (Å²) in [5.41, 5.74) is 0. The third-order valence-electron chi connectivity index (χ3n) is 2.52. The molecular formula is C12H18BrNO2. The Hall–Kier alpha value is -0.640. The van der Waals surface area contributed by atoms with Crippen molar-refractivity contribution in [3.8, 4) is 0 Å². The maximum absolute atomic E-state index is 11.0.